The highest BCUT2D eigenvalue weighted by atomic mass is 35.5. The van der Waals surface area contributed by atoms with Gasteiger partial charge >= 0.3 is 0 Å². The van der Waals surface area contributed by atoms with Crippen LogP contribution in [0.1, 0.15) is 5.56 Å². The molecule has 1 N–H and O–H groups in total. The van der Waals surface area contributed by atoms with Gasteiger partial charge in [0, 0.05) is 16.5 Å². The van der Waals surface area contributed by atoms with Gasteiger partial charge in [-0.25, -0.2) is 13.8 Å². The van der Waals surface area contributed by atoms with E-state index in [1.54, 1.807) is 30.3 Å². The second-order valence-electron chi connectivity index (χ2n) is 7.44. The highest BCUT2D eigenvalue weighted by Gasteiger charge is 2.27. The lowest BCUT2D eigenvalue weighted by atomic mass is 10.2. The number of carbonyl (C=O) groups excluding carboxylic acids is 1. The van der Waals surface area contributed by atoms with E-state index in [0.29, 0.717) is 10.7 Å². The Balaban J connectivity index is 1.43. The van der Waals surface area contributed by atoms with E-state index >= 15 is 0 Å². The highest BCUT2D eigenvalue weighted by Crippen LogP contribution is 2.25. The molecule has 0 radical (unpaired) electrons. The fourth-order valence-corrected chi connectivity index (χ4v) is 5.21. The number of carbonyl (C=O) groups is 1. The molecule has 0 aromatic heterocycles. The Kier molecular flexibility index (Phi) is 7.77. The molecule has 1 aliphatic rings. The molecule has 1 heterocycles. The number of hydrogen-bond acceptors (Lipinski definition) is 6. The summed E-state index contributed by atoms with van der Waals surface area (Å²) in [7, 11) is -4.01. The first-order chi connectivity index (χ1) is 16.4. The number of benzene rings is 3. The van der Waals surface area contributed by atoms with E-state index in [0.717, 1.165) is 27.1 Å². The Labute approximate surface area is 207 Å². The summed E-state index contributed by atoms with van der Waals surface area (Å²) in [6, 6.07) is 21.6. The van der Waals surface area contributed by atoms with Crippen molar-refractivity contribution in [2.75, 3.05) is 22.4 Å². The third-order valence-electron chi connectivity index (χ3n) is 4.93. The van der Waals surface area contributed by atoms with E-state index in [9.17, 15) is 13.2 Å². The van der Waals surface area contributed by atoms with Crippen LogP contribution >= 0.6 is 23.4 Å². The first kappa shape index (κ1) is 24.1. The van der Waals surface area contributed by atoms with Crippen molar-refractivity contribution in [3.8, 4) is 5.75 Å². The monoisotopic (exact) mass is 515 g/mol. The summed E-state index contributed by atoms with van der Waals surface area (Å²) in [5.41, 5.74) is 3.52. The fourth-order valence-electron chi connectivity index (χ4n) is 3.09. The van der Waals surface area contributed by atoms with Crippen LogP contribution in [0, 0.1) is 0 Å². The summed E-state index contributed by atoms with van der Waals surface area (Å²) in [6.45, 7) is -0.446. The minimum Gasteiger partial charge on any atom is -0.489 e. The van der Waals surface area contributed by atoms with Gasteiger partial charge in [-0.3, -0.25) is 9.10 Å². The summed E-state index contributed by atoms with van der Waals surface area (Å²) < 4.78 is 33.4. The Morgan fingerprint density at radius 2 is 1.74 bits per heavy atom. The van der Waals surface area contributed by atoms with E-state index < -0.39 is 22.5 Å². The number of rotatable bonds is 9. The number of hydrazone groups is 1. The first-order valence-corrected chi connectivity index (χ1v) is 13.4. The number of nitrogens with one attached hydrogen (secondary N) is 1. The van der Waals surface area contributed by atoms with Crippen molar-refractivity contribution in [2.45, 2.75) is 11.0 Å². The van der Waals surface area contributed by atoms with Crippen molar-refractivity contribution in [1.29, 1.82) is 0 Å². The second-order valence-corrected chi connectivity index (χ2v) is 10.8. The molecule has 0 atom stereocenters. The van der Waals surface area contributed by atoms with Gasteiger partial charge in [0.25, 0.3) is 15.9 Å². The van der Waals surface area contributed by atoms with Crippen LogP contribution < -0.4 is 14.5 Å². The van der Waals surface area contributed by atoms with Gasteiger partial charge in [0.2, 0.25) is 0 Å². The molecule has 0 saturated carbocycles. The quantitative estimate of drug-likeness (QED) is 0.341. The molecule has 4 rings (SSSR count). The van der Waals surface area contributed by atoms with Gasteiger partial charge in [-0.1, -0.05) is 29.8 Å². The number of anilines is 1. The molecule has 0 bridgehead atoms. The molecule has 0 spiro atoms. The summed E-state index contributed by atoms with van der Waals surface area (Å²) in [5, 5.41) is 4.38. The zero-order valence-corrected chi connectivity index (χ0v) is 20.4. The van der Waals surface area contributed by atoms with Crippen LogP contribution in [0.15, 0.2) is 88.9 Å². The summed E-state index contributed by atoms with van der Waals surface area (Å²) in [5.74, 6) is 2.21. The molecule has 1 saturated heterocycles. The number of nitrogens with zero attached hydrogens (tertiary/aromatic N) is 2. The number of sulfonamides is 1. The molecular formula is C24H22ClN3O4S2. The lowest BCUT2D eigenvalue weighted by Gasteiger charge is -2.25. The van der Waals surface area contributed by atoms with E-state index in [1.165, 1.54) is 30.5 Å². The van der Waals surface area contributed by atoms with Crippen LogP contribution in [0.25, 0.3) is 0 Å². The number of hydrogen-bond donors (Lipinski definition) is 1. The van der Waals surface area contributed by atoms with Crippen molar-refractivity contribution >= 4 is 51.2 Å². The molecule has 176 valence electrons. The van der Waals surface area contributed by atoms with Gasteiger partial charge < -0.3 is 4.74 Å². The van der Waals surface area contributed by atoms with Crippen molar-refractivity contribution < 1.29 is 17.9 Å². The van der Waals surface area contributed by atoms with Crippen LogP contribution in [-0.4, -0.2) is 44.7 Å². The first-order valence-electron chi connectivity index (χ1n) is 10.4. The van der Waals surface area contributed by atoms with Crippen LogP contribution in [-0.2, 0) is 14.8 Å². The lowest BCUT2D eigenvalue weighted by molar-refractivity contribution is -0.119. The maximum atomic E-state index is 13.3. The normalized spacial score (nSPS) is 13.9. The Bertz CT molecular complexity index is 1250. The van der Waals surface area contributed by atoms with Crippen molar-refractivity contribution in [3.63, 3.8) is 0 Å². The maximum Gasteiger partial charge on any atom is 0.264 e. The van der Waals surface area contributed by atoms with Crippen LogP contribution in [0.4, 0.5) is 5.69 Å². The predicted molar refractivity (Wildman–Crippen MR) is 136 cm³/mol. The second kappa shape index (κ2) is 10.9. The van der Waals surface area contributed by atoms with Gasteiger partial charge in [-0.2, -0.15) is 16.9 Å². The summed E-state index contributed by atoms with van der Waals surface area (Å²) in [6.07, 6.45) is 1.75. The lowest BCUT2D eigenvalue weighted by Crippen LogP contribution is -2.39. The molecule has 10 heteroatoms. The standard InChI is InChI=1S/C24H22ClN3O4S2/c25-19-8-12-23(13-9-19)34(30,31)28(20-4-2-1-3-5-20)15-24(29)27-26-14-18-6-10-21(11-7-18)32-22-16-33-17-22/h1-14,22H,15-17H2,(H,27,29)/b26-14-. The largest absolute Gasteiger partial charge is 0.489 e. The number of ether oxygens (including phenoxy) is 1. The molecular weight excluding hydrogens is 494 g/mol. The third-order valence-corrected chi connectivity index (χ3v) is 8.18. The molecule has 1 fully saturated rings. The number of para-hydroxylation sites is 1. The average Bonchev–Trinajstić information content (AvgIpc) is 2.81. The smallest absolute Gasteiger partial charge is 0.264 e. The highest BCUT2D eigenvalue weighted by molar-refractivity contribution is 8.00. The topological polar surface area (TPSA) is 88.1 Å². The van der Waals surface area contributed by atoms with Crippen LogP contribution in [0.3, 0.4) is 0 Å². The Morgan fingerprint density at radius 3 is 2.35 bits per heavy atom. The molecule has 0 aliphatic carbocycles. The molecule has 0 unspecified atom stereocenters. The van der Waals surface area contributed by atoms with Gasteiger partial charge in [0.15, 0.2) is 0 Å². The van der Waals surface area contributed by atoms with E-state index in [1.807, 2.05) is 36.0 Å². The van der Waals surface area contributed by atoms with E-state index in [2.05, 4.69) is 10.5 Å². The van der Waals surface area contributed by atoms with Crippen molar-refractivity contribution in [1.82, 2.24) is 5.43 Å². The molecule has 7 nitrogen and oxygen atoms in total. The van der Waals surface area contributed by atoms with E-state index in [4.69, 9.17) is 16.3 Å². The summed E-state index contributed by atoms with van der Waals surface area (Å²) in [4.78, 5) is 12.6. The van der Waals surface area contributed by atoms with Crippen molar-refractivity contribution in [2.24, 2.45) is 5.10 Å². The number of halogens is 1. The molecule has 3 aromatic carbocycles. The van der Waals surface area contributed by atoms with Crippen molar-refractivity contribution in [3.05, 3.63) is 89.4 Å². The average molecular weight is 516 g/mol. The predicted octanol–water partition coefficient (Wildman–Crippen LogP) is 4.18. The Hall–Kier alpha value is -3.01. The van der Waals surface area contributed by atoms with Crippen LogP contribution in [0.5, 0.6) is 5.75 Å². The summed E-state index contributed by atoms with van der Waals surface area (Å²) >= 11 is 7.75. The molecule has 34 heavy (non-hydrogen) atoms. The fraction of sp³-hybridized carbons (Fsp3) is 0.167. The van der Waals surface area contributed by atoms with Gasteiger partial charge in [0.05, 0.1) is 16.8 Å². The SMILES string of the molecule is O=C(CN(c1ccccc1)S(=O)(=O)c1ccc(Cl)cc1)N/N=C\c1ccc(OC2CSC2)cc1. The minimum absolute atomic E-state index is 0.0276. The van der Waals surface area contributed by atoms with E-state index in [-0.39, 0.29) is 11.0 Å². The third kappa shape index (κ3) is 6.11. The molecule has 1 amide bonds. The zero-order chi connectivity index (χ0) is 24.0. The number of amides is 1. The Morgan fingerprint density at radius 1 is 1.06 bits per heavy atom. The zero-order valence-electron chi connectivity index (χ0n) is 18.0. The number of thioether (sulfide) groups is 1. The maximum absolute atomic E-state index is 13.3. The molecule has 1 aliphatic heterocycles. The molecule has 3 aromatic rings. The van der Waals surface area contributed by atoms with Gasteiger partial charge in [-0.05, 0) is 66.2 Å². The van der Waals surface area contributed by atoms with Gasteiger partial charge in [0.1, 0.15) is 18.4 Å². The van der Waals surface area contributed by atoms with Gasteiger partial charge in [-0.15, -0.1) is 0 Å². The van der Waals surface area contributed by atoms with Crippen LogP contribution in [0.2, 0.25) is 5.02 Å². The minimum atomic E-state index is -4.01.